The molecule has 17 heavy (non-hydrogen) atoms. The zero-order valence-electron chi connectivity index (χ0n) is 9.17. The minimum Gasteiger partial charge on any atom is -0.368 e. The van der Waals surface area contributed by atoms with Crippen LogP contribution >= 0.6 is 0 Å². The smallest absolute Gasteiger partial charge is 0.271 e. The topological polar surface area (TPSA) is 127 Å². The molecule has 0 fully saturated rings. The molecule has 8 nitrogen and oxygen atoms in total. The third kappa shape index (κ3) is 4.74. The summed E-state index contributed by atoms with van der Waals surface area (Å²) in [5.41, 5.74) is 0.185. The van der Waals surface area contributed by atoms with Crippen molar-refractivity contribution in [1.29, 1.82) is 0 Å². The zero-order chi connectivity index (χ0) is 12.9. The van der Waals surface area contributed by atoms with Crippen molar-refractivity contribution in [3.05, 3.63) is 17.8 Å². The first-order valence-electron chi connectivity index (χ1n) is 4.72. The second-order valence-corrected chi connectivity index (χ2v) is 4.91. The standard InChI is InChI=1S/C8H13N5O3S/c1-10-8(14)6-2-3-7(13-12-6)11-4-5-17(9,15)16/h2-3H,4-5H2,1H3,(H,10,14)(H,11,13)(H2,9,15,16). The average molecular weight is 259 g/mol. The number of amides is 1. The predicted octanol–water partition coefficient (Wildman–Crippen LogP) is -1.46. The van der Waals surface area contributed by atoms with Crippen molar-refractivity contribution in [3.8, 4) is 0 Å². The van der Waals surface area contributed by atoms with Crippen LogP contribution in [0.4, 0.5) is 5.82 Å². The Morgan fingerprint density at radius 3 is 2.59 bits per heavy atom. The molecule has 0 bridgehead atoms. The maximum Gasteiger partial charge on any atom is 0.271 e. The van der Waals surface area contributed by atoms with Crippen LogP contribution in [0.5, 0.6) is 0 Å². The molecule has 1 aromatic heterocycles. The third-order valence-electron chi connectivity index (χ3n) is 1.82. The number of nitrogens with one attached hydrogen (secondary N) is 2. The largest absolute Gasteiger partial charge is 0.368 e. The van der Waals surface area contributed by atoms with Gasteiger partial charge in [0, 0.05) is 13.6 Å². The van der Waals surface area contributed by atoms with E-state index in [1.165, 1.54) is 19.2 Å². The fraction of sp³-hybridized carbons (Fsp3) is 0.375. The van der Waals surface area contributed by atoms with E-state index >= 15 is 0 Å². The van der Waals surface area contributed by atoms with Crippen molar-refractivity contribution < 1.29 is 13.2 Å². The van der Waals surface area contributed by atoms with Crippen LogP contribution in [0.3, 0.4) is 0 Å². The lowest BCUT2D eigenvalue weighted by molar-refractivity contribution is 0.0957. The Balaban J connectivity index is 2.54. The molecule has 0 aliphatic rings. The van der Waals surface area contributed by atoms with Crippen LogP contribution in [-0.4, -0.2) is 43.9 Å². The van der Waals surface area contributed by atoms with E-state index in [4.69, 9.17) is 5.14 Å². The fourth-order valence-corrected chi connectivity index (χ4v) is 1.38. The van der Waals surface area contributed by atoms with Gasteiger partial charge in [-0.25, -0.2) is 13.6 Å². The van der Waals surface area contributed by atoms with E-state index in [9.17, 15) is 13.2 Å². The SMILES string of the molecule is CNC(=O)c1ccc(NCCS(N)(=O)=O)nn1. The number of carbonyl (C=O) groups is 1. The van der Waals surface area contributed by atoms with Gasteiger partial charge in [0.25, 0.3) is 5.91 Å². The molecule has 0 unspecified atom stereocenters. The maximum atomic E-state index is 11.1. The lowest BCUT2D eigenvalue weighted by atomic mass is 10.3. The number of nitrogens with two attached hydrogens (primary N) is 1. The molecule has 94 valence electrons. The molecule has 0 saturated heterocycles. The van der Waals surface area contributed by atoms with E-state index in [0.29, 0.717) is 5.82 Å². The van der Waals surface area contributed by atoms with E-state index < -0.39 is 10.0 Å². The number of hydrogen-bond acceptors (Lipinski definition) is 6. The first kappa shape index (κ1) is 13.3. The molecule has 1 aromatic rings. The number of sulfonamides is 1. The lowest BCUT2D eigenvalue weighted by Crippen LogP contribution is -2.23. The van der Waals surface area contributed by atoms with Crippen molar-refractivity contribution in [2.75, 3.05) is 24.7 Å². The van der Waals surface area contributed by atoms with Crippen LogP contribution in [-0.2, 0) is 10.0 Å². The highest BCUT2D eigenvalue weighted by molar-refractivity contribution is 7.89. The van der Waals surface area contributed by atoms with E-state index in [-0.39, 0.29) is 23.9 Å². The van der Waals surface area contributed by atoms with Crippen molar-refractivity contribution in [3.63, 3.8) is 0 Å². The number of nitrogens with zero attached hydrogens (tertiary/aromatic N) is 2. The van der Waals surface area contributed by atoms with Gasteiger partial charge in [-0.3, -0.25) is 4.79 Å². The lowest BCUT2D eigenvalue weighted by Gasteiger charge is -2.04. The molecule has 4 N–H and O–H groups in total. The molecule has 0 atom stereocenters. The minimum atomic E-state index is -3.49. The van der Waals surface area contributed by atoms with E-state index in [1.807, 2.05) is 0 Å². The molecule has 1 rings (SSSR count). The number of anilines is 1. The van der Waals surface area contributed by atoms with Crippen LogP contribution in [0.1, 0.15) is 10.5 Å². The molecule has 1 heterocycles. The van der Waals surface area contributed by atoms with Crippen LogP contribution < -0.4 is 15.8 Å². The fourth-order valence-electron chi connectivity index (χ4n) is 0.997. The molecule has 0 aromatic carbocycles. The monoisotopic (exact) mass is 259 g/mol. The molecular weight excluding hydrogens is 246 g/mol. The Hall–Kier alpha value is -1.74. The number of hydrogen-bond donors (Lipinski definition) is 3. The van der Waals surface area contributed by atoms with Gasteiger partial charge in [0.05, 0.1) is 5.75 Å². The Kier molecular flexibility index (Phi) is 4.35. The van der Waals surface area contributed by atoms with Crippen LogP contribution in [0.2, 0.25) is 0 Å². The van der Waals surface area contributed by atoms with Gasteiger partial charge >= 0.3 is 0 Å². The Morgan fingerprint density at radius 1 is 1.41 bits per heavy atom. The highest BCUT2D eigenvalue weighted by Gasteiger charge is 2.06. The van der Waals surface area contributed by atoms with Crippen LogP contribution in [0.25, 0.3) is 0 Å². The minimum absolute atomic E-state index is 0.132. The molecule has 0 radical (unpaired) electrons. The van der Waals surface area contributed by atoms with Gasteiger partial charge in [-0.05, 0) is 12.1 Å². The summed E-state index contributed by atoms with van der Waals surface area (Å²) in [4.78, 5) is 11.1. The zero-order valence-corrected chi connectivity index (χ0v) is 9.99. The molecule has 0 spiro atoms. The Bertz CT molecular complexity index is 484. The summed E-state index contributed by atoms with van der Waals surface area (Å²) < 4.78 is 21.3. The average Bonchev–Trinajstić information content (AvgIpc) is 2.27. The number of aromatic nitrogens is 2. The Morgan fingerprint density at radius 2 is 2.12 bits per heavy atom. The van der Waals surface area contributed by atoms with Crippen molar-refractivity contribution >= 4 is 21.7 Å². The molecule has 0 aliphatic heterocycles. The van der Waals surface area contributed by atoms with Gasteiger partial charge in [0.1, 0.15) is 5.82 Å². The van der Waals surface area contributed by atoms with Crippen LogP contribution in [0, 0.1) is 0 Å². The second kappa shape index (κ2) is 5.55. The van der Waals surface area contributed by atoms with Crippen molar-refractivity contribution in [2.24, 2.45) is 5.14 Å². The summed E-state index contributed by atoms with van der Waals surface area (Å²) in [6.45, 7) is 0.132. The maximum absolute atomic E-state index is 11.1. The van der Waals surface area contributed by atoms with E-state index in [0.717, 1.165) is 0 Å². The van der Waals surface area contributed by atoms with Crippen molar-refractivity contribution in [2.45, 2.75) is 0 Å². The summed E-state index contributed by atoms with van der Waals surface area (Å²) in [6.07, 6.45) is 0. The van der Waals surface area contributed by atoms with Gasteiger partial charge < -0.3 is 10.6 Å². The summed E-state index contributed by atoms with van der Waals surface area (Å²) in [5.74, 6) is -0.166. The number of rotatable bonds is 5. The summed E-state index contributed by atoms with van der Waals surface area (Å²) >= 11 is 0. The van der Waals surface area contributed by atoms with Gasteiger partial charge in [-0.15, -0.1) is 10.2 Å². The van der Waals surface area contributed by atoms with E-state index in [2.05, 4.69) is 20.8 Å². The van der Waals surface area contributed by atoms with Crippen LogP contribution in [0.15, 0.2) is 12.1 Å². The Labute approximate surface area is 98.7 Å². The number of primary sulfonamides is 1. The first-order chi connectivity index (χ1) is 7.92. The first-order valence-corrected chi connectivity index (χ1v) is 6.44. The molecule has 1 amide bonds. The van der Waals surface area contributed by atoms with E-state index in [1.54, 1.807) is 0 Å². The third-order valence-corrected chi connectivity index (χ3v) is 2.59. The summed E-state index contributed by atoms with van der Waals surface area (Å²) in [6, 6.07) is 3.01. The predicted molar refractivity (Wildman–Crippen MR) is 61.9 cm³/mol. The highest BCUT2D eigenvalue weighted by atomic mass is 32.2. The molecule has 0 aliphatic carbocycles. The highest BCUT2D eigenvalue weighted by Crippen LogP contribution is 2.01. The van der Waals surface area contributed by atoms with Gasteiger partial charge in [-0.1, -0.05) is 0 Å². The molecular formula is C8H13N5O3S. The van der Waals surface area contributed by atoms with Gasteiger partial charge in [-0.2, -0.15) is 0 Å². The summed E-state index contributed by atoms with van der Waals surface area (Å²) in [5, 5.41) is 17.3. The van der Waals surface area contributed by atoms with Gasteiger partial charge in [0.15, 0.2) is 5.69 Å². The number of carbonyl (C=O) groups excluding carboxylic acids is 1. The van der Waals surface area contributed by atoms with Gasteiger partial charge in [0.2, 0.25) is 10.0 Å². The quantitative estimate of drug-likeness (QED) is 0.593. The molecule has 0 saturated carbocycles. The second-order valence-electron chi connectivity index (χ2n) is 3.18. The summed E-state index contributed by atoms with van der Waals surface area (Å²) in [7, 11) is -2.01. The van der Waals surface area contributed by atoms with Crippen molar-refractivity contribution in [1.82, 2.24) is 15.5 Å². The normalized spacial score (nSPS) is 10.9. The molecule has 9 heteroatoms.